The van der Waals surface area contributed by atoms with E-state index in [-0.39, 0.29) is 23.7 Å². The summed E-state index contributed by atoms with van der Waals surface area (Å²) in [4.78, 5) is 11.6. The van der Waals surface area contributed by atoms with Gasteiger partial charge in [0.25, 0.3) is 0 Å². The smallest absolute Gasteiger partial charge is 0.322 e. The summed E-state index contributed by atoms with van der Waals surface area (Å²) in [6.45, 7) is 0. The molecular weight excluding hydrogens is 352 g/mol. The lowest BCUT2D eigenvalue weighted by Crippen LogP contribution is -2.05. The third kappa shape index (κ3) is 2.94. The van der Waals surface area contributed by atoms with Gasteiger partial charge in [-0.15, -0.1) is 0 Å². The minimum absolute atomic E-state index is 0.0430. The molecule has 2 rings (SSSR count). The highest BCUT2D eigenvalue weighted by molar-refractivity contribution is 14.1. The van der Waals surface area contributed by atoms with Gasteiger partial charge in [-0.3, -0.25) is 0 Å². The van der Waals surface area contributed by atoms with Gasteiger partial charge in [-0.1, -0.05) is 0 Å². The number of nitrogens with zero attached hydrogens (tertiary/aromatic N) is 3. The van der Waals surface area contributed by atoms with E-state index in [0.717, 1.165) is 0 Å². The summed E-state index contributed by atoms with van der Waals surface area (Å²) in [6.07, 6.45) is 0. The molecule has 94 valence electrons. The Labute approximate surface area is 116 Å². The summed E-state index contributed by atoms with van der Waals surface area (Å²) in [6, 6.07) is 4.43. The van der Waals surface area contributed by atoms with Gasteiger partial charge in [-0.05, 0) is 40.8 Å². The molecule has 0 aliphatic carbocycles. The first-order valence-corrected chi connectivity index (χ1v) is 5.94. The Kier molecular flexibility index (Phi) is 3.75. The molecule has 0 radical (unpaired) electrons. The molecule has 0 unspecified atom stereocenters. The maximum absolute atomic E-state index is 13.0. The largest absolute Gasteiger partial charge is 0.467 e. The molecule has 0 atom stereocenters. The van der Waals surface area contributed by atoms with Crippen LogP contribution in [0.15, 0.2) is 18.2 Å². The predicted molar refractivity (Wildman–Crippen MR) is 73.2 cm³/mol. The Bertz CT molecular complexity index is 580. The molecule has 0 saturated heterocycles. The molecule has 1 aromatic heterocycles. The van der Waals surface area contributed by atoms with Crippen LogP contribution in [-0.4, -0.2) is 22.1 Å². The first-order chi connectivity index (χ1) is 8.58. The van der Waals surface area contributed by atoms with E-state index in [1.54, 1.807) is 6.07 Å². The molecule has 0 bridgehead atoms. The van der Waals surface area contributed by atoms with Gasteiger partial charge in [-0.25, -0.2) is 4.39 Å². The Morgan fingerprint density at radius 2 is 2.11 bits per heavy atom. The van der Waals surface area contributed by atoms with E-state index in [2.05, 4.69) is 20.3 Å². The van der Waals surface area contributed by atoms with E-state index in [1.165, 1.54) is 19.2 Å². The quantitative estimate of drug-likeness (QED) is 0.813. The summed E-state index contributed by atoms with van der Waals surface area (Å²) in [7, 11) is 1.43. The topological polar surface area (TPSA) is 86.0 Å². The fourth-order valence-electron chi connectivity index (χ4n) is 1.23. The Morgan fingerprint density at radius 3 is 2.78 bits per heavy atom. The van der Waals surface area contributed by atoms with Crippen LogP contribution in [0.5, 0.6) is 6.01 Å². The fraction of sp³-hybridized carbons (Fsp3) is 0.100. The van der Waals surface area contributed by atoms with Gasteiger partial charge in [0.15, 0.2) is 0 Å². The van der Waals surface area contributed by atoms with E-state index < -0.39 is 0 Å². The number of halogens is 2. The molecule has 0 fully saturated rings. The zero-order chi connectivity index (χ0) is 13.1. The van der Waals surface area contributed by atoms with E-state index in [1.807, 2.05) is 22.6 Å². The molecule has 2 aromatic rings. The summed E-state index contributed by atoms with van der Waals surface area (Å²) >= 11 is 2.00. The minimum atomic E-state index is -0.308. The second-order valence-electron chi connectivity index (χ2n) is 3.25. The lowest BCUT2D eigenvalue weighted by Gasteiger charge is -2.08. The summed E-state index contributed by atoms with van der Waals surface area (Å²) in [5.74, 6) is -0.0250. The third-order valence-corrected chi connectivity index (χ3v) is 2.88. The molecule has 1 heterocycles. The van der Waals surface area contributed by atoms with Crippen LogP contribution in [0.4, 0.5) is 22.0 Å². The van der Waals surface area contributed by atoms with Gasteiger partial charge in [0, 0.05) is 3.57 Å². The lowest BCUT2D eigenvalue weighted by atomic mass is 10.3. The highest BCUT2D eigenvalue weighted by Crippen LogP contribution is 2.22. The number of ether oxygens (including phenoxy) is 1. The third-order valence-electron chi connectivity index (χ3n) is 1.99. The zero-order valence-corrected chi connectivity index (χ0v) is 11.5. The zero-order valence-electron chi connectivity index (χ0n) is 9.32. The first-order valence-electron chi connectivity index (χ1n) is 4.86. The van der Waals surface area contributed by atoms with Gasteiger partial charge >= 0.3 is 6.01 Å². The monoisotopic (exact) mass is 361 g/mol. The van der Waals surface area contributed by atoms with Gasteiger partial charge in [0.05, 0.1) is 12.8 Å². The van der Waals surface area contributed by atoms with E-state index >= 15 is 0 Å². The normalized spacial score (nSPS) is 10.2. The van der Waals surface area contributed by atoms with Gasteiger partial charge in [0.2, 0.25) is 11.9 Å². The van der Waals surface area contributed by atoms with Crippen molar-refractivity contribution < 1.29 is 9.13 Å². The maximum atomic E-state index is 13.0. The number of nitrogens with two attached hydrogens (primary N) is 1. The molecule has 1 aromatic carbocycles. The van der Waals surface area contributed by atoms with Crippen LogP contribution in [-0.2, 0) is 0 Å². The van der Waals surface area contributed by atoms with Crippen molar-refractivity contribution in [1.29, 1.82) is 0 Å². The molecule has 0 amide bonds. The Balaban J connectivity index is 2.30. The average molecular weight is 361 g/mol. The number of rotatable bonds is 3. The number of nitrogen functional groups attached to an aromatic ring is 1. The van der Waals surface area contributed by atoms with Crippen LogP contribution in [0, 0.1) is 9.39 Å². The van der Waals surface area contributed by atoms with Crippen molar-refractivity contribution in [2.24, 2.45) is 0 Å². The first kappa shape index (κ1) is 12.7. The summed E-state index contributed by atoms with van der Waals surface area (Å²) in [5.41, 5.74) is 6.18. The van der Waals surface area contributed by atoms with Crippen LogP contribution in [0.3, 0.4) is 0 Å². The van der Waals surface area contributed by atoms with E-state index in [4.69, 9.17) is 10.5 Å². The molecule has 0 saturated carbocycles. The van der Waals surface area contributed by atoms with Gasteiger partial charge in [0.1, 0.15) is 5.82 Å². The highest BCUT2D eigenvalue weighted by atomic mass is 127. The van der Waals surface area contributed by atoms with Crippen molar-refractivity contribution in [3.63, 3.8) is 0 Å². The molecule has 0 aliphatic heterocycles. The molecule has 8 heteroatoms. The number of hydrogen-bond acceptors (Lipinski definition) is 6. The minimum Gasteiger partial charge on any atom is -0.467 e. The Morgan fingerprint density at radius 1 is 1.33 bits per heavy atom. The molecular formula is C10H9FIN5O. The van der Waals surface area contributed by atoms with E-state index in [0.29, 0.717) is 9.26 Å². The van der Waals surface area contributed by atoms with Crippen molar-refractivity contribution in [1.82, 2.24) is 15.0 Å². The van der Waals surface area contributed by atoms with Crippen molar-refractivity contribution in [3.05, 3.63) is 27.6 Å². The van der Waals surface area contributed by atoms with Crippen molar-refractivity contribution in [3.8, 4) is 6.01 Å². The summed E-state index contributed by atoms with van der Waals surface area (Å²) in [5, 5.41) is 2.92. The van der Waals surface area contributed by atoms with Crippen LogP contribution in [0.25, 0.3) is 0 Å². The summed E-state index contributed by atoms with van der Waals surface area (Å²) < 4.78 is 18.5. The predicted octanol–water partition coefficient (Wildman–Crippen LogP) is 1.95. The van der Waals surface area contributed by atoms with Crippen molar-refractivity contribution in [2.45, 2.75) is 0 Å². The second kappa shape index (κ2) is 5.29. The fourth-order valence-corrected chi connectivity index (χ4v) is 1.84. The molecule has 0 aliphatic rings. The van der Waals surface area contributed by atoms with Crippen molar-refractivity contribution in [2.75, 3.05) is 18.2 Å². The number of anilines is 3. The number of methoxy groups -OCH3 is 1. The van der Waals surface area contributed by atoms with Crippen LogP contribution in [0.1, 0.15) is 0 Å². The number of nitrogens with one attached hydrogen (secondary N) is 1. The molecule has 0 spiro atoms. The van der Waals surface area contributed by atoms with Crippen LogP contribution >= 0.6 is 22.6 Å². The standard InChI is InChI=1S/C10H9FIN5O/c1-18-10-16-8(13)15-9(17-10)14-7-3-2-5(11)4-6(7)12/h2-4H,1H3,(H3,13,14,15,16,17). The molecule has 6 nitrogen and oxygen atoms in total. The average Bonchev–Trinajstić information content (AvgIpc) is 2.32. The second-order valence-corrected chi connectivity index (χ2v) is 4.42. The van der Waals surface area contributed by atoms with Crippen LogP contribution in [0.2, 0.25) is 0 Å². The molecule has 18 heavy (non-hydrogen) atoms. The number of hydrogen-bond donors (Lipinski definition) is 2. The molecule has 3 N–H and O–H groups in total. The highest BCUT2D eigenvalue weighted by Gasteiger charge is 2.07. The SMILES string of the molecule is COc1nc(N)nc(Nc2ccc(F)cc2I)n1. The number of benzene rings is 1. The van der Waals surface area contributed by atoms with Crippen molar-refractivity contribution >= 4 is 40.2 Å². The van der Waals surface area contributed by atoms with Gasteiger partial charge < -0.3 is 15.8 Å². The van der Waals surface area contributed by atoms with E-state index in [9.17, 15) is 4.39 Å². The Hall–Kier alpha value is -1.71. The lowest BCUT2D eigenvalue weighted by molar-refractivity contribution is 0.380. The van der Waals surface area contributed by atoms with Crippen LogP contribution < -0.4 is 15.8 Å². The maximum Gasteiger partial charge on any atom is 0.322 e. The van der Waals surface area contributed by atoms with Gasteiger partial charge in [-0.2, -0.15) is 15.0 Å². The number of aromatic nitrogens is 3.